The van der Waals surface area contributed by atoms with E-state index in [1.807, 2.05) is 0 Å². The molecule has 0 amide bonds. The summed E-state index contributed by atoms with van der Waals surface area (Å²) < 4.78 is 46.5. The van der Waals surface area contributed by atoms with Crippen LogP contribution in [0.3, 0.4) is 0 Å². The summed E-state index contributed by atoms with van der Waals surface area (Å²) in [7, 11) is 1.53. The van der Waals surface area contributed by atoms with Gasteiger partial charge in [0.05, 0.1) is 13.7 Å². The minimum Gasteiger partial charge on any atom is -0.497 e. The van der Waals surface area contributed by atoms with Gasteiger partial charge >= 0.3 is 5.56 Å². The number of ether oxygens (including phenoxy) is 1. The minimum absolute atomic E-state index is 0.00666. The predicted molar refractivity (Wildman–Crippen MR) is 97.7 cm³/mol. The van der Waals surface area contributed by atoms with Crippen molar-refractivity contribution in [2.24, 2.45) is 0 Å². The van der Waals surface area contributed by atoms with Crippen molar-refractivity contribution in [3.63, 3.8) is 0 Å². The molecule has 0 aliphatic rings. The zero-order chi connectivity index (χ0) is 20.4. The number of halogens is 4. The summed E-state index contributed by atoms with van der Waals surface area (Å²) in [5, 5.41) is 6.41. The van der Waals surface area contributed by atoms with Crippen LogP contribution in [0.4, 0.5) is 24.8 Å². The Morgan fingerprint density at radius 2 is 1.86 bits per heavy atom. The van der Waals surface area contributed by atoms with Crippen molar-refractivity contribution in [3.05, 3.63) is 74.4 Å². The zero-order valence-corrected chi connectivity index (χ0v) is 15.5. The fourth-order valence-corrected chi connectivity index (χ4v) is 2.63. The van der Waals surface area contributed by atoms with E-state index >= 15 is 0 Å². The van der Waals surface area contributed by atoms with Crippen LogP contribution in [0.15, 0.2) is 35.1 Å². The Morgan fingerprint density at radius 3 is 2.46 bits per heavy atom. The number of hydrogen-bond acceptors (Lipinski definition) is 5. The average Bonchev–Trinajstić information content (AvgIpc) is 2.65. The van der Waals surface area contributed by atoms with Gasteiger partial charge in [-0.3, -0.25) is 4.79 Å². The Labute approximate surface area is 162 Å². The first-order chi connectivity index (χ1) is 13.3. The number of benzene rings is 2. The number of rotatable bonds is 5. The lowest BCUT2D eigenvalue weighted by atomic mass is 10.2. The highest BCUT2D eigenvalue weighted by Gasteiger charge is 2.15. The lowest BCUT2D eigenvalue weighted by molar-refractivity contribution is 0.414. The third-order valence-corrected chi connectivity index (χ3v) is 4.13. The SMILES string of the molecule is COc1ccc(Nc2nc(=O)c(Cl)nn2Cc2cc(F)c(F)c(F)c2)c(C)c1. The molecule has 0 bridgehead atoms. The fraction of sp³-hybridized carbons (Fsp3) is 0.167. The number of aromatic nitrogens is 3. The summed E-state index contributed by atoms with van der Waals surface area (Å²) in [5.41, 5.74) is 0.680. The van der Waals surface area contributed by atoms with E-state index in [1.54, 1.807) is 25.1 Å². The van der Waals surface area contributed by atoms with Crippen molar-refractivity contribution >= 4 is 23.2 Å². The molecule has 3 rings (SSSR count). The molecule has 0 radical (unpaired) electrons. The molecule has 0 unspecified atom stereocenters. The van der Waals surface area contributed by atoms with E-state index in [0.29, 0.717) is 11.4 Å². The summed E-state index contributed by atoms with van der Waals surface area (Å²) in [6.45, 7) is 1.60. The summed E-state index contributed by atoms with van der Waals surface area (Å²) in [4.78, 5) is 15.6. The van der Waals surface area contributed by atoms with Crippen LogP contribution < -0.4 is 15.6 Å². The Morgan fingerprint density at radius 1 is 1.18 bits per heavy atom. The van der Waals surface area contributed by atoms with E-state index in [-0.39, 0.29) is 18.1 Å². The van der Waals surface area contributed by atoms with Gasteiger partial charge in [-0.1, -0.05) is 11.6 Å². The molecule has 10 heteroatoms. The van der Waals surface area contributed by atoms with Gasteiger partial charge in [-0.25, -0.2) is 17.9 Å². The molecular weight excluding hydrogens is 397 g/mol. The van der Waals surface area contributed by atoms with Crippen LogP contribution >= 0.6 is 11.6 Å². The third kappa shape index (κ3) is 4.09. The maximum atomic E-state index is 13.5. The van der Waals surface area contributed by atoms with E-state index in [4.69, 9.17) is 16.3 Å². The number of anilines is 2. The number of nitrogens with zero attached hydrogens (tertiary/aromatic N) is 3. The predicted octanol–water partition coefficient (Wildman–Crippen LogP) is 3.82. The van der Waals surface area contributed by atoms with Crippen molar-refractivity contribution in [1.82, 2.24) is 14.8 Å². The first-order valence-electron chi connectivity index (χ1n) is 7.98. The van der Waals surface area contributed by atoms with Gasteiger partial charge in [0, 0.05) is 5.69 Å². The second-order valence-corrected chi connectivity index (χ2v) is 6.23. The van der Waals surface area contributed by atoms with Gasteiger partial charge in [-0.05, 0) is 48.4 Å². The monoisotopic (exact) mass is 410 g/mol. The molecule has 1 aromatic heterocycles. The van der Waals surface area contributed by atoms with E-state index in [2.05, 4.69) is 15.4 Å². The number of methoxy groups -OCH3 is 1. The number of aryl methyl sites for hydroxylation is 1. The van der Waals surface area contributed by atoms with Gasteiger partial charge in [-0.15, -0.1) is 0 Å². The average molecular weight is 411 g/mol. The fourth-order valence-electron chi connectivity index (χ4n) is 2.49. The molecule has 0 aliphatic heterocycles. The number of hydrogen-bond donors (Lipinski definition) is 1. The van der Waals surface area contributed by atoms with Gasteiger partial charge < -0.3 is 10.1 Å². The lowest BCUT2D eigenvalue weighted by Gasteiger charge is -2.15. The van der Waals surface area contributed by atoms with Gasteiger partial charge in [0.2, 0.25) is 11.1 Å². The molecule has 28 heavy (non-hydrogen) atoms. The molecule has 1 N–H and O–H groups in total. The Bertz CT molecular complexity index is 1080. The minimum atomic E-state index is -1.57. The smallest absolute Gasteiger partial charge is 0.312 e. The maximum Gasteiger partial charge on any atom is 0.312 e. The van der Waals surface area contributed by atoms with Crippen LogP contribution in [-0.4, -0.2) is 21.9 Å². The highest BCUT2D eigenvalue weighted by atomic mass is 35.5. The molecule has 0 spiro atoms. The highest BCUT2D eigenvalue weighted by Crippen LogP contribution is 2.24. The molecule has 6 nitrogen and oxygen atoms in total. The Kier molecular flexibility index (Phi) is 5.55. The summed E-state index contributed by atoms with van der Waals surface area (Å²) >= 11 is 5.75. The molecule has 0 fully saturated rings. The van der Waals surface area contributed by atoms with Crippen molar-refractivity contribution in [1.29, 1.82) is 0 Å². The van der Waals surface area contributed by atoms with Gasteiger partial charge in [0.25, 0.3) is 0 Å². The molecule has 1 heterocycles. The Balaban J connectivity index is 2.00. The zero-order valence-electron chi connectivity index (χ0n) is 14.8. The first-order valence-corrected chi connectivity index (χ1v) is 8.36. The molecule has 3 aromatic rings. The topological polar surface area (TPSA) is 69.0 Å². The van der Waals surface area contributed by atoms with Gasteiger partial charge in [0.15, 0.2) is 17.5 Å². The van der Waals surface area contributed by atoms with Crippen LogP contribution in [-0.2, 0) is 6.54 Å². The van der Waals surface area contributed by atoms with Crippen LogP contribution in [0, 0.1) is 24.4 Å². The molecule has 0 saturated carbocycles. The molecule has 2 aromatic carbocycles. The second kappa shape index (κ2) is 7.89. The molecule has 0 atom stereocenters. The van der Waals surface area contributed by atoms with Crippen molar-refractivity contribution in [2.45, 2.75) is 13.5 Å². The van der Waals surface area contributed by atoms with E-state index in [1.165, 1.54) is 7.11 Å². The quantitative estimate of drug-likeness (QED) is 0.648. The molecule has 146 valence electrons. The normalized spacial score (nSPS) is 10.8. The highest BCUT2D eigenvalue weighted by molar-refractivity contribution is 6.29. The first kappa shape index (κ1) is 19.7. The largest absolute Gasteiger partial charge is 0.497 e. The van der Waals surface area contributed by atoms with Crippen molar-refractivity contribution in [2.75, 3.05) is 12.4 Å². The van der Waals surface area contributed by atoms with Crippen LogP contribution in [0.25, 0.3) is 0 Å². The van der Waals surface area contributed by atoms with Crippen LogP contribution in [0.5, 0.6) is 5.75 Å². The van der Waals surface area contributed by atoms with Crippen molar-refractivity contribution < 1.29 is 17.9 Å². The van der Waals surface area contributed by atoms with Crippen LogP contribution in [0.2, 0.25) is 5.15 Å². The standard InChI is InChI=1S/C18H14ClF3N4O2/c1-9-5-11(28-2)3-4-14(9)23-18-24-17(27)16(19)25-26(18)8-10-6-12(20)15(22)13(21)7-10/h3-7H,8H2,1-2H3,(H,23,24,27). The van der Waals surface area contributed by atoms with Gasteiger partial charge in [-0.2, -0.15) is 10.1 Å². The van der Waals surface area contributed by atoms with E-state index in [0.717, 1.165) is 22.4 Å². The maximum absolute atomic E-state index is 13.5. The van der Waals surface area contributed by atoms with Gasteiger partial charge in [0.1, 0.15) is 5.75 Å². The third-order valence-electron chi connectivity index (χ3n) is 3.89. The molecule has 0 aliphatic carbocycles. The Hall–Kier alpha value is -3.07. The second-order valence-electron chi connectivity index (χ2n) is 5.87. The summed E-state index contributed by atoms with van der Waals surface area (Å²) in [5.74, 6) is -3.61. The lowest BCUT2D eigenvalue weighted by Crippen LogP contribution is -2.21. The van der Waals surface area contributed by atoms with Crippen molar-refractivity contribution in [3.8, 4) is 5.75 Å². The van der Waals surface area contributed by atoms with E-state index in [9.17, 15) is 18.0 Å². The van der Waals surface area contributed by atoms with E-state index < -0.39 is 28.2 Å². The summed E-state index contributed by atoms with van der Waals surface area (Å²) in [6, 6.07) is 6.82. The summed E-state index contributed by atoms with van der Waals surface area (Å²) in [6.07, 6.45) is 0. The van der Waals surface area contributed by atoms with Crippen LogP contribution in [0.1, 0.15) is 11.1 Å². The molecule has 0 saturated heterocycles. The number of nitrogens with one attached hydrogen (secondary N) is 1. The molecular formula is C18H14ClF3N4O2.